The number of carbonyl (C=O) groups is 1. The van der Waals surface area contributed by atoms with E-state index in [4.69, 9.17) is 0 Å². The molecule has 1 aliphatic carbocycles. The number of rotatable bonds is 3. The van der Waals surface area contributed by atoms with Gasteiger partial charge in [-0.3, -0.25) is 4.79 Å². The number of hydrogen-bond acceptors (Lipinski definition) is 2. The van der Waals surface area contributed by atoms with Gasteiger partial charge in [0.15, 0.2) is 0 Å². The van der Waals surface area contributed by atoms with E-state index in [0.29, 0.717) is 19.1 Å². The Hall–Kier alpha value is -1.85. The molecule has 6 heteroatoms. The van der Waals surface area contributed by atoms with Gasteiger partial charge in [0.05, 0.1) is 11.6 Å². The van der Waals surface area contributed by atoms with Crippen molar-refractivity contribution in [3.8, 4) is 0 Å². The van der Waals surface area contributed by atoms with Gasteiger partial charge >= 0.3 is 0 Å². The smallest absolute Gasteiger partial charge is 0.256 e. The van der Waals surface area contributed by atoms with Crippen LogP contribution in [-0.4, -0.2) is 35.0 Å². The van der Waals surface area contributed by atoms with Crippen LogP contribution in [0.4, 0.5) is 4.39 Å². The van der Waals surface area contributed by atoms with Crippen LogP contribution in [0.25, 0.3) is 0 Å². The normalized spacial score (nSPS) is 20.0. The first kappa shape index (κ1) is 18.9. The van der Waals surface area contributed by atoms with E-state index in [0.717, 1.165) is 29.1 Å². The second-order valence-corrected chi connectivity index (χ2v) is 7.16. The van der Waals surface area contributed by atoms with Gasteiger partial charge in [-0.25, -0.2) is 4.39 Å². The molecule has 140 valence electrons. The Kier molecular flexibility index (Phi) is 5.39. The largest absolute Gasteiger partial charge is 0.345 e. The predicted molar refractivity (Wildman–Crippen MR) is 102 cm³/mol. The first-order chi connectivity index (χ1) is 12.1. The molecule has 26 heavy (non-hydrogen) atoms. The van der Waals surface area contributed by atoms with Crippen molar-refractivity contribution < 1.29 is 9.18 Å². The van der Waals surface area contributed by atoms with E-state index in [2.05, 4.69) is 16.8 Å². The second-order valence-electron chi connectivity index (χ2n) is 7.16. The van der Waals surface area contributed by atoms with Crippen LogP contribution in [0, 0.1) is 19.7 Å². The minimum Gasteiger partial charge on any atom is -0.345 e. The Morgan fingerprint density at radius 2 is 2.00 bits per heavy atom. The molecule has 4 nitrogen and oxygen atoms in total. The zero-order valence-electron chi connectivity index (χ0n) is 15.2. The highest BCUT2D eigenvalue weighted by Crippen LogP contribution is 2.39. The van der Waals surface area contributed by atoms with E-state index in [1.807, 2.05) is 24.0 Å². The molecule has 1 unspecified atom stereocenters. The lowest BCUT2D eigenvalue weighted by atomic mass is 10.0. The fourth-order valence-electron chi connectivity index (χ4n) is 4.00. The summed E-state index contributed by atoms with van der Waals surface area (Å²) in [5.41, 5.74) is 3.84. The van der Waals surface area contributed by atoms with Crippen LogP contribution in [0.1, 0.15) is 52.2 Å². The summed E-state index contributed by atoms with van der Waals surface area (Å²) < 4.78 is 16.0. The van der Waals surface area contributed by atoms with Crippen molar-refractivity contribution in [2.24, 2.45) is 0 Å². The molecule has 1 atom stereocenters. The van der Waals surface area contributed by atoms with Crippen LogP contribution in [0.2, 0.25) is 0 Å². The summed E-state index contributed by atoms with van der Waals surface area (Å²) in [6, 6.07) is 9.01. The van der Waals surface area contributed by atoms with Crippen molar-refractivity contribution in [3.05, 3.63) is 58.7 Å². The van der Waals surface area contributed by atoms with E-state index in [1.54, 1.807) is 6.07 Å². The summed E-state index contributed by atoms with van der Waals surface area (Å²) in [5, 5.41) is 3.33. The zero-order valence-corrected chi connectivity index (χ0v) is 16.0. The highest BCUT2D eigenvalue weighted by atomic mass is 35.5. The fraction of sp³-hybridized carbons (Fsp3) is 0.450. The second kappa shape index (κ2) is 7.41. The molecule has 1 saturated carbocycles. The molecular weight excluding hydrogens is 353 g/mol. The average Bonchev–Trinajstić information content (AvgIpc) is 3.39. The van der Waals surface area contributed by atoms with Gasteiger partial charge in [-0.1, -0.05) is 12.1 Å². The highest BCUT2D eigenvalue weighted by Gasteiger charge is 2.33. The minimum absolute atomic E-state index is 0. The van der Waals surface area contributed by atoms with Crippen molar-refractivity contribution in [2.45, 2.75) is 38.8 Å². The minimum atomic E-state index is -0.262. The molecule has 1 saturated heterocycles. The van der Waals surface area contributed by atoms with Crippen LogP contribution >= 0.6 is 12.4 Å². The number of piperazine rings is 1. The molecule has 1 aromatic heterocycles. The van der Waals surface area contributed by atoms with Crippen molar-refractivity contribution in [1.82, 2.24) is 14.8 Å². The fourth-order valence-corrected chi connectivity index (χ4v) is 4.00. The monoisotopic (exact) mass is 377 g/mol. The molecular formula is C20H25ClFN3O. The van der Waals surface area contributed by atoms with Crippen LogP contribution in [-0.2, 0) is 0 Å². The summed E-state index contributed by atoms with van der Waals surface area (Å²) in [6.45, 7) is 6.16. The first-order valence-electron chi connectivity index (χ1n) is 9.02. The summed E-state index contributed by atoms with van der Waals surface area (Å²) in [7, 11) is 0. The Morgan fingerprint density at radius 1 is 1.23 bits per heavy atom. The molecule has 1 amide bonds. The number of hydrogen-bond donors (Lipinski definition) is 1. The lowest BCUT2D eigenvalue weighted by Crippen LogP contribution is -2.48. The SMILES string of the molecule is Cc1cc(C(=O)N2CCNCC2c2cccc(F)c2)c(C)n1C1CC1.Cl. The number of nitrogens with one attached hydrogen (secondary N) is 1. The summed E-state index contributed by atoms with van der Waals surface area (Å²) in [6.07, 6.45) is 2.40. The number of benzene rings is 1. The lowest BCUT2D eigenvalue weighted by Gasteiger charge is -2.36. The highest BCUT2D eigenvalue weighted by molar-refractivity contribution is 5.96. The Labute approximate surface area is 159 Å². The quantitative estimate of drug-likeness (QED) is 0.883. The third-order valence-corrected chi connectivity index (χ3v) is 5.36. The van der Waals surface area contributed by atoms with Crippen molar-refractivity contribution >= 4 is 18.3 Å². The van der Waals surface area contributed by atoms with Crippen molar-refractivity contribution in [1.29, 1.82) is 0 Å². The Bertz CT molecular complexity index is 815. The summed E-state index contributed by atoms with van der Waals surface area (Å²) in [5.74, 6) is -0.210. The number of amides is 1. The molecule has 0 bridgehead atoms. The van der Waals surface area contributed by atoms with Gasteiger partial charge < -0.3 is 14.8 Å². The van der Waals surface area contributed by atoms with Gasteiger partial charge in [-0.2, -0.15) is 0 Å². The molecule has 2 aliphatic rings. The summed E-state index contributed by atoms with van der Waals surface area (Å²) in [4.78, 5) is 15.2. The number of aryl methyl sites for hydroxylation is 1. The van der Waals surface area contributed by atoms with Gasteiger partial charge in [-0.15, -0.1) is 12.4 Å². The van der Waals surface area contributed by atoms with Gasteiger partial charge in [0.25, 0.3) is 5.91 Å². The van der Waals surface area contributed by atoms with Crippen molar-refractivity contribution in [3.63, 3.8) is 0 Å². The molecule has 2 aromatic rings. The van der Waals surface area contributed by atoms with Crippen molar-refractivity contribution in [2.75, 3.05) is 19.6 Å². The van der Waals surface area contributed by atoms with E-state index >= 15 is 0 Å². The third-order valence-electron chi connectivity index (χ3n) is 5.36. The average molecular weight is 378 g/mol. The number of carbonyl (C=O) groups excluding carboxylic acids is 1. The van der Waals surface area contributed by atoms with Crippen LogP contribution in [0.15, 0.2) is 30.3 Å². The van der Waals surface area contributed by atoms with E-state index in [9.17, 15) is 9.18 Å². The number of aromatic nitrogens is 1. The predicted octanol–water partition coefficient (Wildman–Crippen LogP) is 3.79. The van der Waals surface area contributed by atoms with E-state index in [-0.39, 0.29) is 30.2 Å². The van der Waals surface area contributed by atoms with E-state index in [1.165, 1.54) is 25.0 Å². The van der Waals surface area contributed by atoms with Gasteiger partial charge in [0, 0.05) is 37.1 Å². The van der Waals surface area contributed by atoms with Crippen LogP contribution in [0.3, 0.4) is 0 Å². The molecule has 4 rings (SSSR count). The Morgan fingerprint density at radius 3 is 2.69 bits per heavy atom. The molecule has 1 aromatic carbocycles. The van der Waals surface area contributed by atoms with Gasteiger partial charge in [0.1, 0.15) is 5.82 Å². The maximum absolute atomic E-state index is 13.7. The zero-order chi connectivity index (χ0) is 17.6. The maximum atomic E-state index is 13.7. The van der Waals surface area contributed by atoms with E-state index < -0.39 is 0 Å². The Balaban J connectivity index is 0.00000196. The number of halogens is 2. The van der Waals surface area contributed by atoms with Crippen LogP contribution in [0.5, 0.6) is 0 Å². The third kappa shape index (κ3) is 3.38. The molecule has 1 aliphatic heterocycles. The topological polar surface area (TPSA) is 37.3 Å². The van der Waals surface area contributed by atoms with Gasteiger partial charge in [0.2, 0.25) is 0 Å². The van der Waals surface area contributed by atoms with Gasteiger partial charge in [-0.05, 0) is 50.5 Å². The molecule has 2 heterocycles. The number of nitrogens with zero attached hydrogens (tertiary/aromatic N) is 2. The lowest BCUT2D eigenvalue weighted by molar-refractivity contribution is 0.0633. The maximum Gasteiger partial charge on any atom is 0.256 e. The molecule has 2 fully saturated rings. The molecule has 0 radical (unpaired) electrons. The molecule has 0 spiro atoms. The standard InChI is InChI=1S/C20H24FN3O.ClH/c1-13-10-18(14(2)24(13)17-6-7-17)20(25)23-9-8-22-12-19(23)15-4-3-5-16(21)11-15;/h3-5,10-11,17,19,22H,6-9,12H2,1-2H3;1H. The molecule has 1 N–H and O–H groups in total. The first-order valence-corrected chi connectivity index (χ1v) is 9.02. The van der Waals surface area contributed by atoms with Crippen LogP contribution < -0.4 is 5.32 Å². The summed E-state index contributed by atoms with van der Waals surface area (Å²) >= 11 is 0.